The molecule has 0 bridgehead atoms. The van der Waals surface area contributed by atoms with E-state index in [4.69, 9.17) is 18.9 Å². The van der Waals surface area contributed by atoms with E-state index in [9.17, 15) is 9.59 Å². The molecule has 208 valence electrons. The number of rotatable bonds is 8. The second-order valence-electron chi connectivity index (χ2n) is 8.96. The van der Waals surface area contributed by atoms with Gasteiger partial charge in [-0.1, -0.05) is 47.5 Å². The lowest BCUT2D eigenvalue weighted by molar-refractivity contribution is 0.0588. The molecule has 0 aromatic heterocycles. The number of hydrogen-bond donors (Lipinski definition) is 0. The zero-order chi connectivity index (χ0) is 29.1. The fraction of sp³-hybridized carbons (Fsp3) is 0.212. The van der Waals surface area contributed by atoms with Crippen molar-refractivity contribution in [3.8, 4) is 23.0 Å². The average molecular weight is 543 g/mol. The highest BCUT2D eigenvalue weighted by Gasteiger charge is 2.14. The van der Waals surface area contributed by atoms with Crippen molar-refractivity contribution in [3.05, 3.63) is 118 Å². The molecule has 0 aliphatic heterocycles. The predicted molar refractivity (Wildman–Crippen MR) is 154 cm³/mol. The highest BCUT2D eigenvalue weighted by atomic mass is 16.5. The third-order valence-electron chi connectivity index (χ3n) is 6.02. The van der Waals surface area contributed by atoms with Crippen molar-refractivity contribution in [3.63, 3.8) is 0 Å². The van der Waals surface area contributed by atoms with Gasteiger partial charge in [0.15, 0.2) is 0 Å². The Balaban J connectivity index is 0.000000285. The topological polar surface area (TPSA) is 80.3 Å². The normalized spacial score (nSPS) is 10.1. The van der Waals surface area contributed by atoms with E-state index in [1.165, 1.54) is 34.0 Å². The Morgan fingerprint density at radius 2 is 1.00 bits per heavy atom. The predicted octanol–water partition coefficient (Wildman–Crippen LogP) is 6.96. The summed E-state index contributed by atoms with van der Waals surface area (Å²) in [6.45, 7) is 3.95. The first kappa shape index (κ1) is 29.8. The summed E-state index contributed by atoms with van der Waals surface area (Å²) in [6.07, 6.45) is 0.693. The van der Waals surface area contributed by atoms with Gasteiger partial charge in [0.2, 0.25) is 0 Å². The molecule has 7 heteroatoms. The van der Waals surface area contributed by atoms with E-state index in [0.29, 0.717) is 29.0 Å². The van der Waals surface area contributed by atoms with Gasteiger partial charge in [0.25, 0.3) is 0 Å². The zero-order valence-electron chi connectivity index (χ0n) is 23.6. The van der Waals surface area contributed by atoms with E-state index in [0.717, 1.165) is 28.2 Å². The minimum Gasteiger partial charge on any atom is -0.496 e. The van der Waals surface area contributed by atoms with Crippen molar-refractivity contribution >= 4 is 11.9 Å². The van der Waals surface area contributed by atoms with Crippen LogP contribution in [0.3, 0.4) is 0 Å². The quantitative estimate of drug-likeness (QED) is 0.223. The number of carbonyl (C=O) groups excluding carboxylic acids is 2. The number of ether oxygens (including phenoxy) is 5. The molecular formula is C33H34O7. The maximum absolute atomic E-state index is 11.9. The number of methoxy groups -OCH3 is 4. The van der Waals surface area contributed by atoms with E-state index >= 15 is 0 Å². The molecule has 0 atom stereocenters. The summed E-state index contributed by atoms with van der Waals surface area (Å²) < 4.78 is 25.6. The first-order valence-corrected chi connectivity index (χ1v) is 12.6. The van der Waals surface area contributed by atoms with Crippen LogP contribution < -0.4 is 14.2 Å². The molecular weight excluding hydrogens is 508 g/mol. The maximum Gasteiger partial charge on any atom is 0.341 e. The van der Waals surface area contributed by atoms with Gasteiger partial charge in [-0.25, -0.2) is 9.59 Å². The second-order valence-corrected chi connectivity index (χ2v) is 8.96. The Hall–Kier alpha value is -4.78. The molecule has 0 unspecified atom stereocenters. The molecule has 0 radical (unpaired) electrons. The lowest BCUT2D eigenvalue weighted by Crippen LogP contribution is -2.05. The molecule has 4 aromatic rings. The lowest BCUT2D eigenvalue weighted by Gasteiger charge is -2.10. The molecule has 0 aliphatic rings. The summed E-state index contributed by atoms with van der Waals surface area (Å²) in [5.74, 6) is 1.86. The Bertz CT molecular complexity index is 1420. The Kier molecular flexibility index (Phi) is 10.7. The monoisotopic (exact) mass is 542 g/mol. The van der Waals surface area contributed by atoms with E-state index in [1.807, 2.05) is 74.5 Å². The van der Waals surface area contributed by atoms with Gasteiger partial charge in [0.05, 0.1) is 28.4 Å². The van der Waals surface area contributed by atoms with Gasteiger partial charge in [0.1, 0.15) is 34.1 Å². The van der Waals surface area contributed by atoms with Crippen LogP contribution in [0.4, 0.5) is 0 Å². The molecule has 4 rings (SSSR count). The maximum atomic E-state index is 11.9. The first-order chi connectivity index (χ1) is 19.3. The Morgan fingerprint density at radius 3 is 1.52 bits per heavy atom. The summed E-state index contributed by atoms with van der Waals surface area (Å²) in [7, 11) is 5.77. The van der Waals surface area contributed by atoms with Gasteiger partial charge in [-0.15, -0.1) is 0 Å². The van der Waals surface area contributed by atoms with Crippen LogP contribution in [0, 0.1) is 13.8 Å². The highest BCUT2D eigenvalue weighted by molar-refractivity contribution is 5.93. The van der Waals surface area contributed by atoms with Gasteiger partial charge in [-0.2, -0.15) is 0 Å². The van der Waals surface area contributed by atoms with Gasteiger partial charge < -0.3 is 23.7 Å². The van der Waals surface area contributed by atoms with Crippen LogP contribution in [0.5, 0.6) is 23.0 Å². The second kappa shape index (κ2) is 14.4. The SMILES string of the molecule is COC(=O)c1cc(C)ccc1OC.COC(=O)c1cc(Cc2ccc(Oc3ccc(C)cc3)cc2)ccc1OC. The van der Waals surface area contributed by atoms with E-state index in [2.05, 4.69) is 4.74 Å². The fourth-order valence-electron chi connectivity index (χ4n) is 3.88. The zero-order valence-corrected chi connectivity index (χ0v) is 23.6. The molecule has 40 heavy (non-hydrogen) atoms. The van der Waals surface area contributed by atoms with Crippen molar-refractivity contribution in [2.24, 2.45) is 0 Å². The van der Waals surface area contributed by atoms with E-state index in [-0.39, 0.29) is 5.97 Å². The van der Waals surface area contributed by atoms with Crippen LogP contribution in [-0.4, -0.2) is 40.4 Å². The largest absolute Gasteiger partial charge is 0.496 e. The molecule has 0 aliphatic carbocycles. The molecule has 0 saturated carbocycles. The van der Waals surface area contributed by atoms with Gasteiger partial charge >= 0.3 is 11.9 Å². The third-order valence-corrected chi connectivity index (χ3v) is 6.02. The lowest BCUT2D eigenvalue weighted by atomic mass is 10.0. The smallest absolute Gasteiger partial charge is 0.341 e. The minimum atomic E-state index is -0.407. The van der Waals surface area contributed by atoms with Gasteiger partial charge in [-0.3, -0.25) is 0 Å². The van der Waals surface area contributed by atoms with Crippen LogP contribution in [0.15, 0.2) is 84.9 Å². The number of benzene rings is 4. The summed E-state index contributed by atoms with van der Waals surface area (Å²) >= 11 is 0. The van der Waals surface area contributed by atoms with Crippen molar-refractivity contribution < 1.29 is 33.3 Å². The van der Waals surface area contributed by atoms with E-state index in [1.54, 1.807) is 24.3 Å². The van der Waals surface area contributed by atoms with Crippen molar-refractivity contribution in [1.82, 2.24) is 0 Å². The molecule has 7 nitrogen and oxygen atoms in total. The summed E-state index contributed by atoms with van der Waals surface area (Å²) in [4.78, 5) is 23.2. The third kappa shape index (κ3) is 8.11. The van der Waals surface area contributed by atoms with Gasteiger partial charge in [0, 0.05) is 0 Å². The first-order valence-electron chi connectivity index (χ1n) is 12.6. The number of carbonyl (C=O) groups is 2. The number of esters is 2. The molecule has 0 N–H and O–H groups in total. The summed E-state index contributed by atoms with van der Waals surface area (Å²) in [5, 5.41) is 0. The number of hydrogen-bond acceptors (Lipinski definition) is 7. The average Bonchev–Trinajstić information content (AvgIpc) is 2.98. The Labute approximate surface area is 235 Å². The molecule has 0 spiro atoms. The molecule has 0 amide bonds. The fourth-order valence-corrected chi connectivity index (χ4v) is 3.88. The molecule has 0 saturated heterocycles. The summed E-state index contributed by atoms with van der Waals surface area (Å²) in [6, 6.07) is 26.8. The summed E-state index contributed by atoms with van der Waals surface area (Å²) in [5.41, 5.74) is 5.21. The minimum absolute atomic E-state index is 0.374. The standard InChI is InChI=1S/C23H22O4.C10H12O3/c1-16-4-9-19(10-5-16)27-20-11-6-17(7-12-20)14-18-8-13-22(25-2)21(15-18)23(24)26-3;1-7-4-5-9(12-2)8(6-7)10(11)13-3/h4-13,15H,14H2,1-3H3;4-6H,1-3H3. The van der Waals surface area contributed by atoms with Crippen LogP contribution in [0.25, 0.3) is 0 Å². The number of aryl methyl sites for hydroxylation is 2. The molecule has 0 heterocycles. The van der Waals surface area contributed by atoms with Crippen LogP contribution >= 0.6 is 0 Å². The van der Waals surface area contributed by atoms with Crippen molar-refractivity contribution in [1.29, 1.82) is 0 Å². The van der Waals surface area contributed by atoms with Gasteiger partial charge in [-0.05, 0) is 79.9 Å². The van der Waals surface area contributed by atoms with Crippen molar-refractivity contribution in [2.75, 3.05) is 28.4 Å². The Morgan fingerprint density at radius 1 is 0.550 bits per heavy atom. The van der Waals surface area contributed by atoms with Crippen LogP contribution in [0.2, 0.25) is 0 Å². The van der Waals surface area contributed by atoms with Crippen LogP contribution in [0.1, 0.15) is 43.0 Å². The molecule has 0 fully saturated rings. The molecule has 4 aromatic carbocycles. The van der Waals surface area contributed by atoms with Crippen LogP contribution in [-0.2, 0) is 15.9 Å². The van der Waals surface area contributed by atoms with E-state index < -0.39 is 5.97 Å². The highest BCUT2D eigenvalue weighted by Crippen LogP contribution is 2.25. The van der Waals surface area contributed by atoms with Crippen molar-refractivity contribution in [2.45, 2.75) is 20.3 Å².